The molecule has 7 heteroatoms. The number of benzene rings is 1. The third-order valence-corrected chi connectivity index (χ3v) is 7.06. The van der Waals surface area contributed by atoms with Crippen LogP contribution in [0.2, 0.25) is 0 Å². The van der Waals surface area contributed by atoms with E-state index in [-0.39, 0.29) is 41.7 Å². The molecule has 3 aliphatic rings. The number of fused-ring (bicyclic) bond motifs is 1. The van der Waals surface area contributed by atoms with Crippen molar-refractivity contribution in [3.63, 3.8) is 0 Å². The third kappa shape index (κ3) is 2.60. The summed E-state index contributed by atoms with van der Waals surface area (Å²) in [4.78, 5) is 28.6. The van der Waals surface area contributed by atoms with E-state index in [0.717, 1.165) is 17.7 Å². The van der Waals surface area contributed by atoms with Gasteiger partial charge in [0.25, 0.3) is 0 Å². The first kappa shape index (κ1) is 15.6. The van der Waals surface area contributed by atoms with E-state index in [1.165, 1.54) is 0 Å². The fraction of sp³-hybridized carbons (Fsp3) is 0.529. The van der Waals surface area contributed by atoms with E-state index >= 15 is 0 Å². The maximum Gasteiger partial charge on any atom is 0.232 e. The molecule has 128 valence electrons. The van der Waals surface area contributed by atoms with Gasteiger partial charge in [-0.05, 0) is 24.5 Å². The molecule has 2 fully saturated rings. The average Bonchev–Trinajstić information content (AvgIpc) is 3.23. The summed E-state index contributed by atoms with van der Waals surface area (Å²) in [6.45, 7) is 0.997. The van der Waals surface area contributed by atoms with E-state index in [1.54, 1.807) is 9.80 Å². The van der Waals surface area contributed by atoms with Crippen molar-refractivity contribution in [1.82, 2.24) is 4.90 Å². The lowest BCUT2D eigenvalue weighted by Crippen LogP contribution is -2.40. The number of carbonyl (C=O) groups is 2. The second kappa shape index (κ2) is 5.58. The van der Waals surface area contributed by atoms with Gasteiger partial charge in [0.1, 0.15) is 0 Å². The normalized spacial score (nSPS) is 28.4. The number of hydrogen-bond donors (Lipinski definition) is 0. The van der Waals surface area contributed by atoms with E-state index in [2.05, 4.69) is 0 Å². The Bertz CT molecular complexity index is 805. The molecule has 1 aromatic carbocycles. The molecule has 0 spiro atoms. The minimum Gasteiger partial charge on any atom is -0.338 e. The summed E-state index contributed by atoms with van der Waals surface area (Å²) in [5.74, 6) is -0.308. The fourth-order valence-electron chi connectivity index (χ4n) is 4.06. The van der Waals surface area contributed by atoms with Crippen LogP contribution >= 0.6 is 0 Å². The molecule has 24 heavy (non-hydrogen) atoms. The Morgan fingerprint density at radius 1 is 1.21 bits per heavy atom. The van der Waals surface area contributed by atoms with Crippen LogP contribution in [-0.2, 0) is 25.8 Å². The molecule has 0 saturated carbocycles. The number of likely N-dealkylation sites (tertiary alicyclic amines) is 1. The lowest BCUT2D eigenvalue weighted by molar-refractivity contribution is -0.129. The number of para-hydroxylation sites is 1. The van der Waals surface area contributed by atoms with E-state index in [4.69, 9.17) is 0 Å². The van der Waals surface area contributed by atoms with Crippen LogP contribution in [-0.4, -0.2) is 55.8 Å². The van der Waals surface area contributed by atoms with Crippen molar-refractivity contribution in [2.45, 2.75) is 25.3 Å². The van der Waals surface area contributed by atoms with Crippen LogP contribution in [0.5, 0.6) is 0 Å². The molecule has 1 aromatic rings. The van der Waals surface area contributed by atoms with Gasteiger partial charge in [-0.2, -0.15) is 0 Å². The molecule has 3 heterocycles. The van der Waals surface area contributed by atoms with Crippen molar-refractivity contribution < 1.29 is 18.0 Å². The molecule has 0 aromatic heterocycles. The SMILES string of the molecule is O=C([C@H]1CC(=O)N([C@@H]2CCS(=O)(=O)C2)C1)N1CCc2ccccc21. The van der Waals surface area contributed by atoms with Gasteiger partial charge < -0.3 is 9.80 Å². The second-order valence-electron chi connectivity index (χ2n) is 6.87. The molecule has 4 rings (SSSR count). The van der Waals surface area contributed by atoms with Crippen molar-refractivity contribution in [2.24, 2.45) is 5.92 Å². The Kier molecular flexibility index (Phi) is 3.63. The summed E-state index contributed by atoms with van der Waals surface area (Å²) in [6.07, 6.45) is 1.52. The lowest BCUT2D eigenvalue weighted by Gasteiger charge is -2.24. The van der Waals surface area contributed by atoms with Gasteiger partial charge in [-0.25, -0.2) is 8.42 Å². The van der Waals surface area contributed by atoms with Gasteiger partial charge in [0.15, 0.2) is 9.84 Å². The Morgan fingerprint density at radius 2 is 2.00 bits per heavy atom. The van der Waals surface area contributed by atoms with E-state index in [1.807, 2.05) is 24.3 Å². The highest BCUT2D eigenvalue weighted by Gasteiger charge is 2.43. The van der Waals surface area contributed by atoms with Gasteiger partial charge in [0.05, 0.1) is 17.4 Å². The van der Waals surface area contributed by atoms with Gasteiger partial charge in [0.2, 0.25) is 11.8 Å². The van der Waals surface area contributed by atoms with Crippen molar-refractivity contribution in [2.75, 3.05) is 29.5 Å². The van der Waals surface area contributed by atoms with Crippen molar-refractivity contribution >= 4 is 27.3 Å². The Balaban J connectivity index is 1.49. The minimum absolute atomic E-state index is 0.0170. The number of amides is 2. The van der Waals surface area contributed by atoms with Gasteiger partial charge in [-0.1, -0.05) is 18.2 Å². The summed E-state index contributed by atoms with van der Waals surface area (Å²) in [5, 5.41) is 0. The zero-order chi connectivity index (χ0) is 16.9. The summed E-state index contributed by atoms with van der Waals surface area (Å²) in [7, 11) is -3.04. The van der Waals surface area contributed by atoms with Crippen LogP contribution in [0.15, 0.2) is 24.3 Å². The summed E-state index contributed by atoms with van der Waals surface area (Å²) >= 11 is 0. The van der Waals surface area contributed by atoms with E-state index in [9.17, 15) is 18.0 Å². The minimum atomic E-state index is -3.04. The van der Waals surface area contributed by atoms with Crippen LogP contribution in [0.4, 0.5) is 5.69 Å². The standard InChI is InChI=1S/C17H20N2O4S/c20-16-9-13(10-19(16)14-6-8-24(22,23)11-14)17(21)18-7-5-12-3-1-2-4-15(12)18/h1-4,13-14H,5-11H2/t13-,14+/m0/s1. The summed E-state index contributed by atoms with van der Waals surface area (Å²) in [5.41, 5.74) is 2.10. The fourth-order valence-corrected chi connectivity index (χ4v) is 5.79. The highest BCUT2D eigenvalue weighted by atomic mass is 32.2. The molecule has 0 N–H and O–H groups in total. The quantitative estimate of drug-likeness (QED) is 0.785. The van der Waals surface area contributed by atoms with Crippen molar-refractivity contribution in [1.29, 1.82) is 0 Å². The molecule has 6 nitrogen and oxygen atoms in total. The first-order valence-electron chi connectivity index (χ1n) is 8.34. The number of nitrogens with zero attached hydrogens (tertiary/aromatic N) is 2. The molecule has 0 bridgehead atoms. The molecular weight excluding hydrogens is 328 g/mol. The molecule has 2 atom stereocenters. The molecule has 2 amide bonds. The first-order valence-corrected chi connectivity index (χ1v) is 10.2. The van der Waals surface area contributed by atoms with Crippen molar-refractivity contribution in [3.05, 3.63) is 29.8 Å². The van der Waals surface area contributed by atoms with Crippen LogP contribution < -0.4 is 4.90 Å². The lowest BCUT2D eigenvalue weighted by atomic mass is 10.1. The highest BCUT2D eigenvalue weighted by molar-refractivity contribution is 7.91. The van der Waals surface area contributed by atoms with Gasteiger partial charge >= 0.3 is 0 Å². The highest BCUT2D eigenvalue weighted by Crippen LogP contribution is 2.32. The van der Waals surface area contributed by atoms with Crippen LogP contribution in [0.3, 0.4) is 0 Å². The zero-order valence-corrected chi connectivity index (χ0v) is 14.2. The Hall–Kier alpha value is -1.89. The second-order valence-corrected chi connectivity index (χ2v) is 9.10. The third-order valence-electron chi connectivity index (χ3n) is 5.31. The number of carbonyl (C=O) groups excluding carboxylic acids is 2. The maximum absolute atomic E-state index is 12.9. The predicted molar refractivity (Wildman–Crippen MR) is 89.4 cm³/mol. The number of sulfone groups is 1. The number of hydrogen-bond acceptors (Lipinski definition) is 4. The van der Waals surface area contributed by atoms with Crippen molar-refractivity contribution in [3.8, 4) is 0 Å². The predicted octanol–water partition coefficient (Wildman–Crippen LogP) is 0.611. The molecule has 0 aliphatic carbocycles. The first-order chi connectivity index (χ1) is 11.4. The van der Waals surface area contributed by atoms with E-state index < -0.39 is 9.84 Å². The maximum atomic E-state index is 12.9. The van der Waals surface area contributed by atoms with E-state index in [0.29, 0.717) is 19.5 Å². The smallest absolute Gasteiger partial charge is 0.232 e. The van der Waals surface area contributed by atoms with Crippen LogP contribution in [0, 0.1) is 5.92 Å². The van der Waals surface area contributed by atoms with Crippen LogP contribution in [0.1, 0.15) is 18.4 Å². The largest absolute Gasteiger partial charge is 0.338 e. The average molecular weight is 348 g/mol. The molecule has 0 radical (unpaired) electrons. The Labute approximate surface area is 141 Å². The topological polar surface area (TPSA) is 74.8 Å². The zero-order valence-electron chi connectivity index (χ0n) is 13.3. The summed E-state index contributed by atoms with van der Waals surface area (Å²) < 4.78 is 23.3. The molecular formula is C17H20N2O4S. The molecule has 3 aliphatic heterocycles. The van der Waals surface area contributed by atoms with Gasteiger partial charge in [-0.15, -0.1) is 0 Å². The molecule has 0 unspecified atom stereocenters. The molecule has 2 saturated heterocycles. The number of anilines is 1. The van der Waals surface area contributed by atoms with Gasteiger partial charge in [0, 0.05) is 31.2 Å². The van der Waals surface area contributed by atoms with Crippen LogP contribution in [0.25, 0.3) is 0 Å². The number of rotatable bonds is 2. The summed E-state index contributed by atoms with van der Waals surface area (Å²) in [6, 6.07) is 7.59. The monoisotopic (exact) mass is 348 g/mol. The Morgan fingerprint density at radius 3 is 2.75 bits per heavy atom. The van der Waals surface area contributed by atoms with Gasteiger partial charge in [-0.3, -0.25) is 9.59 Å².